The van der Waals surface area contributed by atoms with Gasteiger partial charge in [-0.2, -0.15) is 0 Å². The number of piperidine rings is 1. The molecule has 0 unspecified atom stereocenters. The van der Waals surface area contributed by atoms with Crippen molar-refractivity contribution in [3.05, 3.63) is 76.3 Å². The molecule has 1 atom stereocenters. The van der Waals surface area contributed by atoms with Gasteiger partial charge in [-0.05, 0) is 81.3 Å². The number of carbonyl (C=O) groups is 2. The van der Waals surface area contributed by atoms with Crippen molar-refractivity contribution < 1.29 is 28.2 Å². The standard InChI is InChI=1S/C35H42ClFN2O5/c1-7-42-33(41)31(44-34(2,3)4)29-30(39-19-17-35(5,6)18-20-39)28(27(22-40)38-32(29)36)24-10-14-26(15-11-24)43-21-16-23-8-12-25(37)13-9-23/h8-15,22,31H,7,16-21H2,1-6H3/t31-/m0/s1. The fourth-order valence-electron chi connectivity index (χ4n) is 5.29. The predicted octanol–water partition coefficient (Wildman–Crippen LogP) is 8.02. The Hall–Kier alpha value is -3.49. The molecular weight excluding hydrogens is 583 g/mol. The third kappa shape index (κ3) is 8.36. The lowest BCUT2D eigenvalue weighted by Crippen LogP contribution is -2.39. The molecule has 0 N–H and O–H groups in total. The van der Waals surface area contributed by atoms with Gasteiger partial charge in [0, 0.05) is 25.1 Å². The number of rotatable bonds is 11. The maximum absolute atomic E-state index is 13.4. The lowest BCUT2D eigenvalue weighted by Gasteiger charge is -2.41. The van der Waals surface area contributed by atoms with Gasteiger partial charge in [0.2, 0.25) is 0 Å². The summed E-state index contributed by atoms with van der Waals surface area (Å²) < 4.78 is 30.9. The number of pyridine rings is 1. The Morgan fingerprint density at radius 3 is 2.30 bits per heavy atom. The molecule has 3 aromatic rings. The molecule has 236 valence electrons. The lowest BCUT2D eigenvalue weighted by atomic mass is 9.82. The van der Waals surface area contributed by atoms with Crippen LogP contribution >= 0.6 is 11.6 Å². The number of aldehydes is 1. The molecule has 2 heterocycles. The van der Waals surface area contributed by atoms with Crippen LogP contribution in [0.5, 0.6) is 5.75 Å². The third-order valence-corrected chi connectivity index (χ3v) is 7.97. The van der Waals surface area contributed by atoms with E-state index in [4.69, 9.17) is 25.8 Å². The van der Waals surface area contributed by atoms with Crippen molar-refractivity contribution in [3.8, 4) is 16.9 Å². The summed E-state index contributed by atoms with van der Waals surface area (Å²) in [6.45, 7) is 13.8. The van der Waals surface area contributed by atoms with Gasteiger partial charge in [-0.15, -0.1) is 0 Å². The Bertz CT molecular complexity index is 1440. The summed E-state index contributed by atoms with van der Waals surface area (Å²) in [7, 11) is 0. The van der Waals surface area contributed by atoms with Gasteiger partial charge in [0.25, 0.3) is 0 Å². The lowest BCUT2D eigenvalue weighted by molar-refractivity contribution is -0.166. The number of hydrogen-bond donors (Lipinski definition) is 0. The van der Waals surface area contributed by atoms with E-state index < -0.39 is 17.7 Å². The van der Waals surface area contributed by atoms with Crippen LogP contribution in [0.25, 0.3) is 11.1 Å². The van der Waals surface area contributed by atoms with Crippen molar-refractivity contribution >= 4 is 29.5 Å². The Labute approximate surface area is 264 Å². The number of aromatic nitrogens is 1. The SMILES string of the molecule is CCOC(=O)[C@@H](OC(C)(C)C)c1c(Cl)nc(C=O)c(-c2ccc(OCCc3ccc(F)cc3)cc2)c1N1CCC(C)(C)CC1. The van der Waals surface area contributed by atoms with Gasteiger partial charge < -0.3 is 19.1 Å². The van der Waals surface area contributed by atoms with Crippen LogP contribution in [-0.4, -0.2) is 49.1 Å². The van der Waals surface area contributed by atoms with E-state index in [1.807, 2.05) is 45.0 Å². The third-order valence-electron chi connectivity index (χ3n) is 7.68. The van der Waals surface area contributed by atoms with Crippen LogP contribution in [0.2, 0.25) is 5.15 Å². The molecule has 2 aromatic carbocycles. The molecule has 1 aliphatic heterocycles. The number of anilines is 1. The molecule has 44 heavy (non-hydrogen) atoms. The van der Waals surface area contributed by atoms with Gasteiger partial charge in [0.15, 0.2) is 12.4 Å². The second-order valence-corrected chi connectivity index (χ2v) is 13.2. The van der Waals surface area contributed by atoms with E-state index in [1.165, 1.54) is 12.1 Å². The topological polar surface area (TPSA) is 78.0 Å². The Morgan fingerprint density at radius 2 is 1.73 bits per heavy atom. The van der Waals surface area contributed by atoms with Crippen LogP contribution in [0.3, 0.4) is 0 Å². The first-order chi connectivity index (χ1) is 20.8. The Morgan fingerprint density at radius 1 is 1.09 bits per heavy atom. The number of ether oxygens (including phenoxy) is 3. The molecule has 1 aromatic heterocycles. The quantitative estimate of drug-likeness (QED) is 0.121. The highest BCUT2D eigenvalue weighted by Gasteiger charge is 2.38. The zero-order chi connectivity index (χ0) is 32.1. The van der Waals surface area contributed by atoms with Gasteiger partial charge in [-0.3, -0.25) is 4.79 Å². The maximum Gasteiger partial charge on any atom is 0.340 e. The van der Waals surface area contributed by atoms with E-state index in [0.717, 1.165) is 24.0 Å². The normalized spacial score (nSPS) is 15.5. The van der Waals surface area contributed by atoms with Gasteiger partial charge in [0.05, 0.1) is 30.1 Å². The molecule has 0 aliphatic carbocycles. The van der Waals surface area contributed by atoms with Crippen LogP contribution in [0.1, 0.15) is 82.1 Å². The van der Waals surface area contributed by atoms with Gasteiger partial charge in [-0.25, -0.2) is 14.2 Å². The monoisotopic (exact) mass is 624 g/mol. The van der Waals surface area contributed by atoms with E-state index in [9.17, 15) is 14.0 Å². The van der Waals surface area contributed by atoms with E-state index >= 15 is 0 Å². The first-order valence-corrected chi connectivity index (χ1v) is 15.5. The molecule has 1 fully saturated rings. The van der Waals surface area contributed by atoms with E-state index in [-0.39, 0.29) is 28.7 Å². The summed E-state index contributed by atoms with van der Waals surface area (Å²) in [6.07, 6.45) is 1.98. The number of nitrogens with zero attached hydrogens (tertiary/aromatic N) is 2. The molecule has 4 rings (SSSR count). The molecule has 0 bridgehead atoms. The van der Waals surface area contributed by atoms with Crippen LogP contribution < -0.4 is 9.64 Å². The highest BCUT2D eigenvalue weighted by Crippen LogP contribution is 2.46. The molecule has 0 amide bonds. The van der Waals surface area contributed by atoms with Gasteiger partial charge in [0.1, 0.15) is 22.4 Å². The molecule has 0 saturated carbocycles. The summed E-state index contributed by atoms with van der Waals surface area (Å²) in [5.41, 5.74) is 2.91. The van der Waals surface area contributed by atoms with E-state index in [2.05, 4.69) is 23.7 Å². The molecule has 0 radical (unpaired) electrons. The predicted molar refractivity (Wildman–Crippen MR) is 171 cm³/mol. The molecule has 0 spiro atoms. The van der Waals surface area contributed by atoms with Crippen molar-refractivity contribution in [2.24, 2.45) is 5.41 Å². The second-order valence-electron chi connectivity index (χ2n) is 12.8. The molecule has 1 aliphatic rings. The average Bonchev–Trinajstić information content (AvgIpc) is 2.97. The number of esters is 1. The van der Waals surface area contributed by atoms with Crippen LogP contribution in [0, 0.1) is 11.2 Å². The summed E-state index contributed by atoms with van der Waals surface area (Å²) in [6, 6.07) is 13.8. The van der Waals surface area contributed by atoms with E-state index in [1.54, 1.807) is 19.1 Å². The van der Waals surface area contributed by atoms with Crippen molar-refractivity contribution in [2.45, 2.75) is 72.5 Å². The highest BCUT2D eigenvalue weighted by atomic mass is 35.5. The summed E-state index contributed by atoms with van der Waals surface area (Å²) in [4.78, 5) is 32.6. The summed E-state index contributed by atoms with van der Waals surface area (Å²) in [5, 5.41) is 0.0266. The van der Waals surface area contributed by atoms with Crippen LogP contribution in [-0.2, 0) is 20.7 Å². The molecular formula is C35H42ClFN2O5. The minimum Gasteiger partial charge on any atom is -0.493 e. The second kappa shape index (κ2) is 14.1. The minimum absolute atomic E-state index is 0.0266. The van der Waals surface area contributed by atoms with Crippen molar-refractivity contribution in [1.82, 2.24) is 4.98 Å². The minimum atomic E-state index is -1.16. The number of halogens is 2. The summed E-state index contributed by atoms with van der Waals surface area (Å²) >= 11 is 6.83. The average molecular weight is 625 g/mol. The Kier molecular flexibility index (Phi) is 10.7. The molecule has 1 saturated heterocycles. The smallest absolute Gasteiger partial charge is 0.340 e. The van der Waals surface area contributed by atoms with Crippen molar-refractivity contribution in [1.29, 1.82) is 0 Å². The molecule has 9 heteroatoms. The zero-order valence-corrected chi connectivity index (χ0v) is 27.2. The first-order valence-electron chi connectivity index (χ1n) is 15.1. The largest absolute Gasteiger partial charge is 0.493 e. The Balaban J connectivity index is 1.78. The number of benzene rings is 2. The number of hydrogen-bond acceptors (Lipinski definition) is 7. The zero-order valence-electron chi connectivity index (χ0n) is 26.4. The van der Waals surface area contributed by atoms with Gasteiger partial charge in [-0.1, -0.05) is 49.7 Å². The van der Waals surface area contributed by atoms with Crippen LogP contribution in [0.15, 0.2) is 48.5 Å². The molecule has 7 nitrogen and oxygen atoms in total. The number of carbonyl (C=O) groups excluding carboxylic acids is 2. The van der Waals surface area contributed by atoms with Crippen LogP contribution in [0.4, 0.5) is 10.1 Å². The van der Waals surface area contributed by atoms with Crippen molar-refractivity contribution in [3.63, 3.8) is 0 Å². The highest BCUT2D eigenvalue weighted by molar-refractivity contribution is 6.31. The fraction of sp³-hybridized carbons (Fsp3) is 0.457. The maximum atomic E-state index is 13.4. The van der Waals surface area contributed by atoms with Crippen molar-refractivity contribution in [2.75, 3.05) is 31.2 Å². The fourth-order valence-corrected chi connectivity index (χ4v) is 5.57. The van der Waals surface area contributed by atoms with E-state index in [0.29, 0.717) is 55.0 Å². The van der Waals surface area contributed by atoms with Gasteiger partial charge >= 0.3 is 5.97 Å². The summed E-state index contributed by atoms with van der Waals surface area (Å²) in [5.74, 6) is -0.196. The first kappa shape index (κ1) is 33.4.